The standard InChI is InChI=1S/C19H16Cl2F3N3O3/c20-13-7-11(8-15-16(13)30-6-5-29-15)18(28)27-3-1-26(2-4-27)17-14(21)9-12(10-25-17)19(22,23)24/h7-10H,1-6H2. The van der Waals surface area contributed by atoms with Gasteiger partial charge in [0.1, 0.15) is 19.0 Å². The number of anilines is 1. The summed E-state index contributed by atoms with van der Waals surface area (Å²) in [5, 5.41) is 0.221. The van der Waals surface area contributed by atoms with Crippen LogP contribution in [0, 0.1) is 0 Å². The van der Waals surface area contributed by atoms with Crippen LogP contribution in [0.15, 0.2) is 24.4 Å². The van der Waals surface area contributed by atoms with Gasteiger partial charge in [-0.1, -0.05) is 23.2 Å². The van der Waals surface area contributed by atoms with E-state index in [1.165, 1.54) is 6.07 Å². The highest BCUT2D eigenvalue weighted by molar-refractivity contribution is 6.33. The van der Waals surface area contributed by atoms with Crippen LogP contribution in [0.4, 0.5) is 19.0 Å². The van der Waals surface area contributed by atoms with Gasteiger partial charge in [-0.25, -0.2) is 4.98 Å². The van der Waals surface area contributed by atoms with Crippen LogP contribution in [0.1, 0.15) is 15.9 Å². The Balaban J connectivity index is 1.45. The number of aromatic nitrogens is 1. The topological polar surface area (TPSA) is 54.9 Å². The van der Waals surface area contributed by atoms with E-state index in [1.807, 2.05) is 0 Å². The van der Waals surface area contributed by atoms with E-state index in [0.29, 0.717) is 61.5 Å². The second kappa shape index (κ2) is 8.03. The first kappa shape index (κ1) is 20.9. The number of hydrogen-bond donors (Lipinski definition) is 0. The largest absolute Gasteiger partial charge is 0.486 e. The molecule has 0 saturated carbocycles. The summed E-state index contributed by atoms with van der Waals surface area (Å²) in [7, 11) is 0. The summed E-state index contributed by atoms with van der Waals surface area (Å²) in [6, 6.07) is 4.00. The smallest absolute Gasteiger partial charge is 0.417 e. The van der Waals surface area contributed by atoms with Crippen LogP contribution in [-0.4, -0.2) is 55.2 Å². The number of piperazine rings is 1. The molecule has 2 aromatic rings. The highest BCUT2D eigenvalue weighted by atomic mass is 35.5. The van der Waals surface area contributed by atoms with Crippen molar-refractivity contribution < 1.29 is 27.4 Å². The molecule has 0 radical (unpaired) electrons. The Bertz CT molecular complexity index is 979. The molecule has 2 aliphatic heterocycles. The Morgan fingerprint density at radius 2 is 1.70 bits per heavy atom. The van der Waals surface area contributed by atoms with Gasteiger partial charge >= 0.3 is 6.18 Å². The summed E-state index contributed by atoms with van der Waals surface area (Å²) in [5.41, 5.74) is -0.524. The zero-order valence-corrected chi connectivity index (χ0v) is 17.0. The quantitative estimate of drug-likeness (QED) is 0.672. The Kier molecular flexibility index (Phi) is 5.59. The van der Waals surface area contributed by atoms with Gasteiger partial charge in [0, 0.05) is 37.9 Å². The van der Waals surface area contributed by atoms with Gasteiger partial charge in [0.05, 0.1) is 15.6 Å². The van der Waals surface area contributed by atoms with Crippen molar-refractivity contribution in [3.8, 4) is 11.5 Å². The molecule has 0 spiro atoms. The lowest BCUT2D eigenvalue weighted by atomic mass is 10.1. The number of fused-ring (bicyclic) bond motifs is 1. The van der Waals surface area contributed by atoms with E-state index in [4.69, 9.17) is 32.7 Å². The third kappa shape index (κ3) is 4.09. The van der Waals surface area contributed by atoms with Crippen LogP contribution in [0.5, 0.6) is 11.5 Å². The summed E-state index contributed by atoms with van der Waals surface area (Å²) < 4.78 is 49.4. The van der Waals surface area contributed by atoms with Gasteiger partial charge in [0.25, 0.3) is 5.91 Å². The Hall–Kier alpha value is -2.39. The molecule has 1 fully saturated rings. The van der Waals surface area contributed by atoms with Crippen LogP contribution in [0.25, 0.3) is 0 Å². The third-order valence-electron chi connectivity index (χ3n) is 4.86. The molecule has 2 aliphatic rings. The Morgan fingerprint density at radius 1 is 1.00 bits per heavy atom. The number of halogens is 5. The normalized spacial score (nSPS) is 16.6. The second-order valence-electron chi connectivity index (χ2n) is 6.79. The second-order valence-corrected chi connectivity index (χ2v) is 7.60. The minimum atomic E-state index is -4.51. The first-order valence-electron chi connectivity index (χ1n) is 9.10. The molecule has 1 aromatic heterocycles. The minimum absolute atomic E-state index is 0.0804. The average molecular weight is 462 g/mol. The molecule has 1 aromatic carbocycles. The highest BCUT2D eigenvalue weighted by Crippen LogP contribution is 2.39. The third-order valence-corrected chi connectivity index (χ3v) is 5.42. The summed E-state index contributed by atoms with van der Waals surface area (Å²) in [6.45, 7) is 2.22. The van der Waals surface area contributed by atoms with Gasteiger partial charge < -0.3 is 19.3 Å². The monoisotopic (exact) mass is 461 g/mol. The number of rotatable bonds is 2. The Morgan fingerprint density at radius 3 is 2.37 bits per heavy atom. The van der Waals surface area contributed by atoms with Crippen molar-refractivity contribution in [3.05, 3.63) is 45.6 Å². The van der Waals surface area contributed by atoms with Crippen LogP contribution in [0.3, 0.4) is 0 Å². The zero-order valence-electron chi connectivity index (χ0n) is 15.5. The molecule has 1 amide bonds. The van der Waals surface area contributed by atoms with Crippen molar-refractivity contribution in [2.75, 3.05) is 44.3 Å². The van der Waals surface area contributed by atoms with Gasteiger partial charge in [0.2, 0.25) is 0 Å². The Labute approximate surface area is 180 Å². The summed E-state index contributed by atoms with van der Waals surface area (Å²) >= 11 is 12.2. The molecular weight excluding hydrogens is 446 g/mol. The molecule has 0 aliphatic carbocycles. The predicted octanol–water partition coefficient (Wildman–Crippen LogP) is 4.14. The van der Waals surface area contributed by atoms with Crippen molar-refractivity contribution >= 4 is 34.9 Å². The van der Waals surface area contributed by atoms with Gasteiger partial charge in [0.15, 0.2) is 11.5 Å². The van der Waals surface area contributed by atoms with Gasteiger partial charge in [-0.3, -0.25) is 4.79 Å². The van der Waals surface area contributed by atoms with Crippen LogP contribution < -0.4 is 14.4 Å². The van der Waals surface area contributed by atoms with E-state index < -0.39 is 11.7 Å². The molecule has 6 nitrogen and oxygen atoms in total. The van der Waals surface area contributed by atoms with Gasteiger partial charge in [-0.2, -0.15) is 13.2 Å². The maximum atomic E-state index is 12.9. The molecule has 4 rings (SSSR count). The molecule has 160 valence electrons. The number of alkyl halides is 3. The fraction of sp³-hybridized carbons (Fsp3) is 0.368. The molecule has 0 N–H and O–H groups in total. The molecule has 30 heavy (non-hydrogen) atoms. The maximum absolute atomic E-state index is 12.9. The first-order valence-corrected chi connectivity index (χ1v) is 9.86. The number of benzene rings is 1. The van der Waals surface area contributed by atoms with Crippen molar-refractivity contribution in [2.45, 2.75) is 6.18 Å². The molecule has 0 atom stereocenters. The number of carbonyl (C=O) groups is 1. The summed E-state index contributed by atoms with van der Waals surface area (Å²) in [6.07, 6.45) is -3.75. The number of amides is 1. The maximum Gasteiger partial charge on any atom is 0.417 e. The number of pyridine rings is 1. The number of hydrogen-bond acceptors (Lipinski definition) is 5. The lowest BCUT2D eigenvalue weighted by Crippen LogP contribution is -2.49. The molecule has 0 unspecified atom stereocenters. The van der Waals surface area contributed by atoms with Crippen molar-refractivity contribution in [1.82, 2.24) is 9.88 Å². The lowest BCUT2D eigenvalue weighted by Gasteiger charge is -2.36. The molecule has 1 saturated heterocycles. The van der Waals surface area contributed by atoms with E-state index in [-0.39, 0.29) is 16.7 Å². The van der Waals surface area contributed by atoms with Crippen LogP contribution in [0.2, 0.25) is 10.0 Å². The summed E-state index contributed by atoms with van der Waals surface area (Å²) in [4.78, 5) is 20.2. The van der Waals surface area contributed by atoms with Crippen LogP contribution in [-0.2, 0) is 6.18 Å². The minimum Gasteiger partial charge on any atom is -0.486 e. The average Bonchev–Trinajstić information content (AvgIpc) is 2.72. The predicted molar refractivity (Wildman–Crippen MR) is 105 cm³/mol. The first-order chi connectivity index (χ1) is 14.2. The SMILES string of the molecule is O=C(c1cc(Cl)c2c(c1)OCCO2)N1CCN(c2ncc(C(F)(F)F)cc2Cl)CC1. The van der Waals surface area contributed by atoms with Gasteiger partial charge in [-0.05, 0) is 18.2 Å². The van der Waals surface area contributed by atoms with Gasteiger partial charge in [-0.15, -0.1) is 0 Å². The van der Waals surface area contributed by atoms with Crippen molar-refractivity contribution in [2.24, 2.45) is 0 Å². The van der Waals surface area contributed by atoms with E-state index in [0.717, 1.165) is 12.3 Å². The van der Waals surface area contributed by atoms with E-state index in [1.54, 1.807) is 15.9 Å². The molecular formula is C19H16Cl2F3N3O3. The highest BCUT2D eigenvalue weighted by Gasteiger charge is 2.33. The fourth-order valence-corrected chi connectivity index (χ4v) is 3.91. The van der Waals surface area contributed by atoms with Crippen molar-refractivity contribution in [1.29, 1.82) is 0 Å². The van der Waals surface area contributed by atoms with E-state index in [2.05, 4.69) is 4.98 Å². The molecule has 3 heterocycles. The van der Waals surface area contributed by atoms with Crippen LogP contribution >= 0.6 is 23.2 Å². The van der Waals surface area contributed by atoms with E-state index in [9.17, 15) is 18.0 Å². The molecule has 11 heteroatoms. The fourth-order valence-electron chi connectivity index (χ4n) is 3.36. The summed E-state index contributed by atoms with van der Waals surface area (Å²) in [5.74, 6) is 0.892. The van der Waals surface area contributed by atoms with E-state index >= 15 is 0 Å². The zero-order chi connectivity index (χ0) is 21.5. The number of nitrogens with zero attached hydrogens (tertiary/aromatic N) is 3. The lowest BCUT2D eigenvalue weighted by molar-refractivity contribution is -0.137. The van der Waals surface area contributed by atoms with Crippen molar-refractivity contribution in [3.63, 3.8) is 0 Å². The number of ether oxygens (including phenoxy) is 2. The number of carbonyl (C=O) groups excluding carboxylic acids is 1. The molecule has 0 bridgehead atoms.